The molecular weight excluding hydrogens is 299 g/mol. The third kappa shape index (κ3) is 6.68. The highest BCUT2D eigenvalue weighted by atomic mass is 32.1. The Hall–Kier alpha value is -1.39. The van der Waals surface area contributed by atoms with Crippen LogP contribution in [-0.2, 0) is 4.74 Å². The van der Waals surface area contributed by atoms with Crippen molar-refractivity contribution in [3.63, 3.8) is 0 Å². The van der Waals surface area contributed by atoms with E-state index in [0.29, 0.717) is 5.13 Å². The highest BCUT2D eigenvalue weighted by molar-refractivity contribution is 7.13. The Morgan fingerprint density at radius 1 is 1.50 bits per heavy atom. The maximum absolute atomic E-state index is 11.9. The lowest BCUT2D eigenvalue weighted by molar-refractivity contribution is -0.174. The van der Waals surface area contributed by atoms with Gasteiger partial charge in [0.2, 0.25) is 0 Å². The van der Waals surface area contributed by atoms with Crippen molar-refractivity contribution in [3.05, 3.63) is 11.6 Å². The highest BCUT2D eigenvalue weighted by Gasteiger charge is 2.27. The molecule has 20 heavy (non-hydrogen) atoms. The van der Waals surface area contributed by atoms with Gasteiger partial charge >= 0.3 is 12.2 Å². The van der Waals surface area contributed by atoms with Crippen molar-refractivity contribution in [1.82, 2.24) is 9.88 Å². The molecule has 6 nitrogen and oxygen atoms in total. The minimum atomic E-state index is -4.40. The summed E-state index contributed by atoms with van der Waals surface area (Å²) in [5.41, 5.74) is 0. The van der Waals surface area contributed by atoms with Gasteiger partial charge in [-0.25, -0.2) is 9.78 Å². The van der Waals surface area contributed by atoms with Crippen LogP contribution < -0.4 is 5.32 Å². The molecule has 0 aliphatic rings. The van der Waals surface area contributed by atoms with Gasteiger partial charge in [-0.15, -0.1) is 11.3 Å². The molecule has 0 saturated carbocycles. The number of thiazole rings is 1. The van der Waals surface area contributed by atoms with Crippen LogP contribution in [0.4, 0.5) is 23.1 Å². The van der Waals surface area contributed by atoms with Crippen molar-refractivity contribution in [1.29, 1.82) is 0 Å². The number of carbonyl (C=O) groups excluding carboxylic acids is 1. The molecule has 1 rings (SSSR count). The summed E-state index contributed by atoms with van der Waals surface area (Å²) in [6.07, 6.45) is -2.89. The lowest BCUT2D eigenvalue weighted by Gasteiger charge is -2.21. The Balaban J connectivity index is 2.37. The van der Waals surface area contributed by atoms with Crippen LogP contribution in [-0.4, -0.2) is 60.1 Å². The van der Waals surface area contributed by atoms with Gasteiger partial charge in [0, 0.05) is 24.7 Å². The second-order valence-electron chi connectivity index (χ2n) is 3.65. The van der Waals surface area contributed by atoms with Gasteiger partial charge < -0.3 is 14.7 Å². The number of halogens is 3. The van der Waals surface area contributed by atoms with Crippen molar-refractivity contribution in [3.8, 4) is 0 Å². The molecule has 0 unspecified atom stereocenters. The largest absolute Gasteiger partial charge is 0.411 e. The Morgan fingerprint density at radius 3 is 2.80 bits per heavy atom. The van der Waals surface area contributed by atoms with Crippen LogP contribution >= 0.6 is 11.3 Å². The summed E-state index contributed by atoms with van der Waals surface area (Å²) >= 11 is 1.21. The Labute approximate surface area is 117 Å². The zero-order valence-electron chi connectivity index (χ0n) is 10.4. The van der Waals surface area contributed by atoms with E-state index in [1.54, 1.807) is 5.38 Å². The number of nitrogens with zero attached hydrogens (tertiary/aromatic N) is 2. The van der Waals surface area contributed by atoms with E-state index in [0.717, 1.165) is 4.90 Å². The number of anilines is 1. The molecule has 0 fully saturated rings. The van der Waals surface area contributed by atoms with Crippen LogP contribution in [0.2, 0.25) is 0 Å². The SMILES string of the molecule is O=C(Nc1nccs1)N(CCO)CCOCC(F)(F)F. The van der Waals surface area contributed by atoms with Gasteiger partial charge in [-0.3, -0.25) is 5.32 Å². The molecule has 0 bridgehead atoms. The van der Waals surface area contributed by atoms with Gasteiger partial charge in [0.15, 0.2) is 5.13 Å². The van der Waals surface area contributed by atoms with E-state index in [1.165, 1.54) is 17.5 Å². The van der Waals surface area contributed by atoms with E-state index >= 15 is 0 Å². The number of hydrogen-bond acceptors (Lipinski definition) is 5. The van der Waals surface area contributed by atoms with E-state index < -0.39 is 18.8 Å². The minimum Gasteiger partial charge on any atom is -0.395 e. The van der Waals surface area contributed by atoms with Gasteiger partial charge in [-0.1, -0.05) is 0 Å². The van der Waals surface area contributed by atoms with E-state index in [4.69, 9.17) is 5.11 Å². The predicted molar refractivity (Wildman–Crippen MR) is 66.7 cm³/mol. The first-order chi connectivity index (χ1) is 9.42. The van der Waals surface area contributed by atoms with Crippen LogP contribution in [0.1, 0.15) is 0 Å². The number of alkyl halides is 3. The number of amides is 2. The molecule has 0 aromatic carbocycles. The second-order valence-corrected chi connectivity index (χ2v) is 4.54. The maximum atomic E-state index is 11.9. The number of carbonyl (C=O) groups is 1. The fourth-order valence-corrected chi connectivity index (χ4v) is 1.77. The van der Waals surface area contributed by atoms with Crippen LogP contribution in [0, 0.1) is 0 Å². The molecule has 114 valence electrons. The Morgan fingerprint density at radius 2 is 2.25 bits per heavy atom. The van der Waals surface area contributed by atoms with Crippen molar-refractivity contribution >= 4 is 22.5 Å². The summed E-state index contributed by atoms with van der Waals surface area (Å²) in [6.45, 7) is -2.01. The van der Waals surface area contributed by atoms with Crippen LogP contribution in [0.3, 0.4) is 0 Å². The molecule has 1 heterocycles. The fraction of sp³-hybridized carbons (Fsp3) is 0.600. The first-order valence-electron chi connectivity index (χ1n) is 5.63. The zero-order chi connectivity index (χ0) is 15.0. The van der Waals surface area contributed by atoms with Crippen molar-refractivity contribution in [2.75, 3.05) is 38.2 Å². The number of urea groups is 1. The number of aliphatic hydroxyl groups excluding tert-OH is 1. The number of aromatic nitrogens is 1. The highest BCUT2D eigenvalue weighted by Crippen LogP contribution is 2.14. The molecule has 1 aromatic rings. The van der Waals surface area contributed by atoms with Gasteiger partial charge in [-0.05, 0) is 0 Å². The summed E-state index contributed by atoms with van der Waals surface area (Å²) in [4.78, 5) is 16.8. The lowest BCUT2D eigenvalue weighted by atomic mass is 10.5. The first-order valence-corrected chi connectivity index (χ1v) is 6.51. The quantitative estimate of drug-likeness (QED) is 0.749. The summed E-state index contributed by atoms with van der Waals surface area (Å²) in [5, 5.41) is 13.3. The van der Waals surface area contributed by atoms with Crippen molar-refractivity contribution < 1.29 is 27.8 Å². The average Bonchev–Trinajstić information content (AvgIpc) is 2.84. The smallest absolute Gasteiger partial charge is 0.395 e. The third-order valence-corrected chi connectivity index (χ3v) is 2.76. The van der Waals surface area contributed by atoms with E-state index in [2.05, 4.69) is 15.0 Å². The molecule has 10 heteroatoms. The van der Waals surface area contributed by atoms with Crippen LogP contribution in [0.15, 0.2) is 11.6 Å². The number of ether oxygens (including phenoxy) is 1. The normalized spacial score (nSPS) is 11.4. The van der Waals surface area contributed by atoms with Crippen LogP contribution in [0.5, 0.6) is 0 Å². The van der Waals surface area contributed by atoms with Crippen LogP contribution in [0.25, 0.3) is 0 Å². The Bertz CT molecular complexity index is 400. The first kappa shape index (κ1) is 16.7. The van der Waals surface area contributed by atoms with Gasteiger partial charge in [0.05, 0.1) is 13.2 Å². The Kier molecular flexibility index (Phi) is 6.68. The molecule has 0 saturated heterocycles. The van der Waals surface area contributed by atoms with E-state index in [9.17, 15) is 18.0 Å². The molecule has 2 amide bonds. The number of rotatable bonds is 7. The molecule has 2 N–H and O–H groups in total. The standard InChI is InChI=1S/C10H14F3N3O3S/c11-10(12,13)7-19-5-3-16(2-4-17)9(18)15-8-14-1-6-20-8/h1,6,17H,2-5,7H2,(H,14,15,18). The zero-order valence-corrected chi connectivity index (χ0v) is 11.2. The molecule has 0 aliphatic heterocycles. The fourth-order valence-electron chi connectivity index (χ4n) is 1.25. The lowest BCUT2D eigenvalue weighted by Crippen LogP contribution is -2.39. The van der Waals surface area contributed by atoms with Gasteiger partial charge in [-0.2, -0.15) is 13.2 Å². The van der Waals surface area contributed by atoms with Crippen molar-refractivity contribution in [2.45, 2.75) is 6.18 Å². The molecule has 0 aliphatic carbocycles. The minimum absolute atomic E-state index is 0.00735. The average molecular weight is 313 g/mol. The monoisotopic (exact) mass is 313 g/mol. The van der Waals surface area contributed by atoms with Gasteiger partial charge in [0.1, 0.15) is 6.61 Å². The molecule has 0 spiro atoms. The summed E-state index contributed by atoms with van der Waals surface area (Å²) in [5.74, 6) is 0. The second kappa shape index (κ2) is 8.02. The van der Waals surface area contributed by atoms with Gasteiger partial charge in [0.25, 0.3) is 0 Å². The summed E-state index contributed by atoms with van der Waals surface area (Å²) in [7, 11) is 0. The van der Waals surface area contributed by atoms with Crippen molar-refractivity contribution in [2.24, 2.45) is 0 Å². The number of aliphatic hydroxyl groups is 1. The molecule has 1 aromatic heterocycles. The topological polar surface area (TPSA) is 74.7 Å². The number of nitrogens with one attached hydrogen (secondary N) is 1. The molecule has 0 radical (unpaired) electrons. The van der Waals surface area contributed by atoms with E-state index in [1.807, 2.05) is 0 Å². The number of hydrogen-bond donors (Lipinski definition) is 2. The summed E-state index contributed by atoms with van der Waals surface area (Å²) in [6, 6.07) is -0.551. The maximum Gasteiger partial charge on any atom is 0.411 e. The summed E-state index contributed by atoms with van der Waals surface area (Å²) < 4.78 is 40.0. The molecular formula is C10H14F3N3O3S. The van der Waals surface area contributed by atoms with E-state index in [-0.39, 0.29) is 26.3 Å². The third-order valence-electron chi connectivity index (χ3n) is 2.07. The molecule has 0 atom stereocenters. The predicted octanol–water partition coefficient (Wildman–Crippen LogP) is 1.55.